The summed E-state index contributed by atoms with van der Waals surface area (Å²) in [6.07, 6.45) is 3.47. The number of benzene rings is 2. The van der Waals surface area contributed by atoms with E-state index in [1.165, 1.54) is 18.2 Å². The standard InChI is InChI=1S/C25H28N4O4S/c1-33-20-8-4-3-7-18(20)16-26-23(31)17-9-11-19(12-10-17)27-22(30)15-21-24(32)28-25(34-21)29-13-5-2-6-14-29/h3-4,7-12,21H,2,5-6,13-16H2,1H3,(H,26,31)(H,27,30)/t21-/m1/s1. The Kier molecular flexibility index (Phi) is 7.84. The van der Waals surface area contributed by atoms with Gasteiger partial charge in [-0.15, -0.1) is 0 Å². The predicted octanol–water partition coefficient (Wildman–Crippen LogP) is 3.44. The highest BCUT2D eigenvalue weighted by Crippen LogP contribution is 2.29. The maximum atomic E-state index is 12.5. The summed E-state index contributed by atoms with van der Waals surface area (Å²) in [5.74, 6) is -0.00977. The van der Waals surface area contributed by atoms with Crippen LogP contribution in [0.25, 0.3) is 0 Å². The maximum Gasteiger partial charge on any atom is 0.262 e. The van der Waals surface area contributed by atoms with Gasteiger partial charge in [-0.25, -0.2) is 0 Å². The van der Waals surface area contributed by atoms with Crippen LogP contribution in [-0.2, 0) is 16.1 Å². The van der Waals surface area contributed by atoms with Gasteiger partial charge in [0.2, 0.25) is 5.91 Å². The first kappa shape index (κ1) is 23.8. The number of thioether (sulfide) groups is 1. The molecule has 1 saturated heterocycles. The second-order valence-corrected chi connectivity index (χ2v) is 9.38. The largest absolute Gasteiger partial charge is 0.496 e. The molecule has 0 bridgehead atoms. The first-order valence-electron chi connectivity index (χ1n) is 11.4. The Morgan fingerprint density at radius 2 is 1.82 bits per heavy atom. The summed E-state index contributed by atoms with van der Waals surface area (Å²) >= 11 is 1.38. The van der Waals surface area contributed by atoms with Crippen LogP contribution in [0, 0.1) is 0 Å². The van der Waals surface area contributed by atoms with E-state index in [1.54, 1.807) is 31.4 Å². The highest BCUT2D eigenvalue weighted by Gasteiger charge is 2.33. The van der Waals surface area contributed by atoms with Crippen LogP contribution in [0.2, 0.25) is 0 Å². The molecule has 9 heteroatoms. The molecule has 2 N–H and O–H groups in total. The van der Waals surface area contributed by atoms with Gasteiger partial charge in [0.15, 0.2) is 5.17 Å². The van der Waals surface area contributed by atoms with E-state index in [0.29, 0.717) is 23.5 Å². The average molecular weight is 481 g/mol. The molecule has 0 unspecified atom stereocenters. The number of nitrogens with zero attached hydrogens (tertiary/aromatic N) is 2. The molecule has 2 aliphatic heterocycles. The number of para-hydroxylation sites is 1. The molecule has 0 saturated carbocycles. The number of methoxy groups -OCH3 is 1. The van der Waals surface area contributed by atoms with Crippen LogP contribution in [0.3, 0.4) is 0 Å². The van der Waals surface area contributed by atoms with Gasteiger partial charge in [0.25, 0.3) is 11.8 Å². The van der Waals surface area contributed by atoms with Crippen LogP contribution in [0.1, 0.15) is 41.6 Å². The molecule has 8 nitrogen and oxygen atoms in total. The van der Waals surface area contributed by atoms with E-state index < -0.39 is 5.25 Å². The zero-order valence-corrected chi connectivity index (χ0v) is 19.9. The summed E-state index contributed by atoms with van der Waals surface area (Å²) < 4.78 is 5.30. The van der Waals surface area contributed by atoms with Crippen molar-refractivity contribution in [3.05, 3.63) is 59.7 Å². The Morgan fingerprint density at radius 3 is 2.56 bits per heavy atom. The van der Waals surface area contributed by atoms with Crippen LogP contribution in [0.4, 0.5) is 5.69 Å². The number of piperidine rings is 1. The van der Waals surface area contributed by atoms with Crippen molar-refractivity contribution in [3.8, 4) is 5.75 Å². The van der Waals surface area contributed by atoms with Crippen molar-refractivity contribution in [2.24, 2.45) is 4.99 Å². The molecule has 2 aromatic carbocycles. The Balaban J connectivity index is 1.26. The van der Waals surface area contributed by atoms with E-state index in [4.69, 9.17) is 4.74 Å². The minimum Gasteiger partial charge on any atom is -0.496 e. The van der Waals surface area contributed by atoms with Crippen LogP contribution in [0.5, 0.6) is 5.75 Å². The molecule has 3 amide bonds. The lowest BCUT2D eigenvalue weighted by Crippen LogP contribution is -2.33. The highest BCUT2D eigenvalue weighted by molar-refractivity contribution is 8.15. The average Bonchev–Trinajstić information content (AvgIpc) is 3.23. The highest BCUT2D eigenvalue weighted by atomic mass is 32.2. The minimum absolute atomic E-state index is 0.0610. The molecule has 2 aliphatic rings. The number of anilines is 1. The van der Waals surface area contributed by atoms with Gasteiger partial charge in [-0.2, -0.15) is 4.99 Å². The van der Waals surface area contributed by atoms with Crippen LogP contribution >= 0.6 is 11.8 Å². The molecule has 34 heavy (non-hydrogen) atoms. The minimum atomic E-state index is -0.489. The van der Waals surface area contributed by atoms with E-state index in [1.807, 2.05) is 24.3 Å². The molecule has 2 aromatic rings. The van der Waals surface area contributed by atoms with Gasteiger partial charge in [-0.05, 0) is 49.6 Å². The molecule has 0 aliphatic carbocycles. The lowest BCUT2D eigenvalue weighted by atomic mass is 10.1. The van der Waals surface area contributed by atoms with Gasteiger partial charge >= 0.3 is 0 Å². The Morgan fingerprint density at radius 1 is 1.09 bits per heavy atom. The zero-order valence-electron chi connectivity index (χ0n) is 19.1. The second-order valence-electron chi connectivity index (χ2n) is 8.21. The summed E-state index contributed by atoms with van der Waals surface area (Å²) in [5.41, 5.74) is 1.93. The second kappa shape index (κ2) is 11.2. The van der Waals surface area contributed by atoms with Gasteiger partial charge in [0.1, 0.15) is 11.0 Å². The Labute approximate surface area is 203 Å². The smallest absolute Gasteiger partial charge is 0.262 e. The Hall–Kier alpha value is -3.33. The summed E-state index contributed by atoms with van der Waals surface area (Å²) in [4.78, 5) is 43.6. The van der Waals surface area contributed by atoms with Crippen molar-refractivity contribution in [2.45, 2.75) is 37.5 Å². The normalized spacial score (nSPS) is 17.8. The van der Waals surface area contributed by atoms with Crippen molar-refractivity contribution >= 4 is 40.3 Å². The van der Waals surface area contributed by atoms with Gasteiger partial charge in [-0.1, -0.05) is 30.0 Å². The number of rotatable bonds is 7. The number of hydrogen-bond acceptors (Lipinski definition) is 6. The Bertz CT molecular complexity index is 1080. The zero-order chi connectivity index (χ0) is 23.9. The van der Waals surface area contributed by atoms with E-state index in [0.717, 1.165) is 36.7 Å². The molecule has 0 radical (unpaired) electrons. The van der Waals surface area contributed by atoms with Crippen molar-refractivity contribution in [1.29, 1.82) is 0 Å². The van der Waals surface area contributed by atoms with Gasteiger partial charge in [0, 0.05) is 42.9 Å². The molecule has 4 rings (SSSR count). The van der Waals surface area contributed by atoms with E-state index in [2.05, 4.69) is 20.5 Å². The van der Waals surface area contributed by atoms with Crippen molar-refractivity contribution in [3.63, 3.8) is 0 Å². The SMILES string of the molecule is COc1ccccc1CNC(=O)c1ccc(NC(=O)C[C@H]2SC(N3CCCCC3)=NC2=O)cc1. The van der Waals surface area contributed by atoms with Crippen LogP contribution < -0.4 is 15.4 Å². The fourth-order valence-corrected chi connectivity index (χ4v) is 5.06. The quantitative estimate of drug-likeness (QED) is 0.630. The third-order valence-electron chi connectivity index (χ3n) is 5.79. The number of ether oxygens (including phenoxy) is 1. The summed E-state index contributed by atoms with van der Waals surface area (Å²) in [7, 11) is 1.59. The molecule has 2 heterocycles. The number of likely N-dealkylation sites (tertiary alicyclic amines) is 1. The summed E-state index contributed by atoms with van der Waals surface area (Å²) in [6.45, 7) is 2.17. The van der Waals surface area contributed by atoms with Gasteiger partial charge in [-0.3, -0.25) is 14.4 Å². The van der Waals surface area contributed by atoms with Crippen molar-refractivity contribution in [1.82, 2.24) is 10.2 Å². The molecular weight excluding hydrogens is 452 g/mol. The van der Waals surface area contributed by atoms with E-state index in [-0.39, 0.29) is 24.1 Å². The van der Waals surface area contributed by atoms with E-state index in [9.17, 15) is 14.4 Å². The van der Waals surface area contributed by atoms with Crippen molar-refractivity contribution in [2.75, 3.05) is 25.5 Å². The number of carbonyl (C=O) groups is 3. The van der Waals surface area contributed by atoms with Gasteiger partial charge in [0.05, 0.1) is 7.11 Å². The summed E-state index contributed by atoms with van der Waals surface area (Å²) in [6, 6.07) is 14.2. The number of amides is 3. The monoisotopic (exact) mass is 480 g/mol. The fourth-order valence-electron chi connectivity index (χ4n) is 3.94. The molecule has 178 valence electrons. The molecule has 1 fully saturated rings. The first-order chi connectivity index (χ1) is 16.5. The van der Waals surface area contributed by atoms with E-state index >= 15 is 0 Å². The number of hydrogen-bond donors (Lipinski definition) is 2. The van der Waals surface area contributed by atoms with Crippen LogP contribution in [0.15, 0.2) is 53.5 Å². The number of amidine groups is 1. The fraction of sp³-hybridized carbons (Fsp3) is 0.360. The third kappa shape index (κ3) is 5.96. The summed E-state index contributed by atoms with van der Waals surface area (Å²) in [5, 5.41) is 5.93. The maximum absolute atomic E-state index is 12.5. The molecule has 1 atom stereocenters. The lowest BCUT2D eigenvalue weighted by Gasteiger charge is -2.27. The van der Waals surface area contributed by atoms with Gasteiger partial charge < -0.3 is 20.3 Å². The lowest BCUT2D eigenvalue weighted by molar-refractivity contribution is -0.121. The topological polar surface area (TPSA) is 100 Å². The predicted molar refractivity (Wildman–Crippen MR) is 133 cm³/mol. The van der Waals surface area contributed by atoms with Crippen molar-refractivity contribution < 1.29 is 19.1 Å². The number of carbonyl (C=O) groups excluding carboxylic acids is 3. The number of aliphatic imine (C=N–C) groups is 1. The third-order valence-corrected chi connectivity index (χ3v) is 7.00. The number of nitrogens with one attached hydrogen (secondary N) is 2. The molecule has 0 aromatic heterocycles. The first-order valence-corrected chi connectivity index (χ1v) is 12.3. The molecular formula is C25H28N4O4S. The molecule has 0 spiro atoms. The van der Waals surface area contributed by atoms with Crippen LogP contribution in [-0.4, -0.2) is 53.2 Å².